The van der Waals surface area contributed by atoms with E-state index in [1.165, 1.54) is 5.56 Å². The van der Waals surface area contributed by atoms with Gasteiger partial charge in [0.2, 0.25) is 5.88 Å². The van der Waals surface area contributed by atoms with Gasteiger partial charge in [0.1, 0.15) is 5.75 Å². The summed E-state index contributed by atoms with van der Waals surface area (Å²) in [5.74, 6) is 2.29. The number of benzene rings is 1. The van der Waals surface area contributed by atoms with Gasteiger partial charge in [-0.3, -0.25) is 4.99 Å². The van der Waals surface area contributed by atoms with E-state index in [2.05, 4.69) is 32.3 Å². The fourth-order valence-corrected chi connectivity index (χ4v) is 2.28. The Morgan fingerprint density at radius 1 is 1.08 bits per heavy atom. The monoisotopic (exact) mass is 328 g/mol. The number of rotatable bonds is 6. The van der Waals surface area contributed by atoms with E-state index < -0.39 is 0 Å². The topological polar surface area (TPSA) is 59.0 Å². The molecule has 0 amide bonds. The van der Waals surface area contributed by atoms with Crippen LogP contribution in [0.3, 0.4) is 0 Å². The lowest BCUT2D eigenvalue weighted by Crippen LogP contribution is -2.38. The summed E-state index contributed by atoms with van der Waals surface area (Å²) in [5, 5.41) is 3.34. The van der Waals surface area contributed by atoms with Crippen LogP contribution in [0.15, 0.2) is 47.6 Å². The zero-order valence-corrected chi connectivity index (χ0v) is 14.6. The van der Waals surface area contributed by atoms with Crippen LogP contribution in [0.5, 0.6) is 11.6 Å². The normalized spacial score (nSPS) is 11.1. The van der Waals surface area contributed by atoms with E-state index in [4.69, 9.17) is 9.47 Å². The van der Waals surface area contributed by atoms with Crippen LogP contribution in [0.1, 0.15) is 11.1 Å². The van der Waals surface area contributed by atoms with Gasteiger partial charge in [0.25, 0.3) is 0 Å². The van der Waals surface area contributed by atoms with E-state index in [1.54, 1.807) is 27.5 Å². The van der Waals surface area contributed by atoms with Crippen LogP contribution in [-0.4, -0.2) is 44.2 Å². The van der Waals surface area contributed by atoms with Crippen molar-refractivity contribution in [3.8, 4) is 11.6 Å². The molecule has 0 spiro atoms. The van der Waals surface area contributed by atoms with Gasteiger partial charge in [-0.25, -0.2) is 4.98 Å². The van der Waals surface area contributed by atoms with E-state index in [9.17, 15) is 0 Å². The first-order valence-electron chi connectivity index (χ1n) is 7.70. The van der Waals surface area contributed by atoms with Gasteiger partial charge in [0.05, 0.1) is 14.2 Å². The molecule has 0 aliphatic heterocycles. The van der Waals surface area contributed by atoms with Crippen LogP contribution in [0, 0.1) is 0 Å². The number of pyridine rings is 1. The Balaban J connectivity index is 1.91. The van der Waals surface area contributed by atoms with Crippen molar-refractivity contribution in [1.82, 2.24) is 15.2 Å². The summed E-state index contributed by atoms with van der Waals surface area (Å²) in [4.78, 5) is 10.6. The van der Waals surface area contributed by atoms with E-state index in [1.807, 2.05) is 31.3 Å². The SMILES string of the molecule is CN=C(NCc1ccc(OC)nc1)N(C)Cc1ccc(OC)cc1. The summed E-state index contributed by atoms with van der Waals surface area (Å²) < 4.78 is 10.2. The Bertz CT molecular complexity index is 654. The zero-order valence-electron chi connectivity index (χ0n) is 14.6. The molecule has 0 aliphatic rings. The Morgan fingerprint density at radius 2 is 1.79 bits per heavy atom. The number of hydrogen-bond acceptors (Lipinski definition) is 4. The molecular formula is C18H24N4O2. The highest BCUT2D eigenvalue weighted by Crippen LogP contribution is 2.12. The van der Waals surface area contributed by atoms with Crippen molar-refractivity contribution in [2.75, 3.05) is 28.3 Å². The first-order chi connectivity index (χ1) is 11.7. The van der Waals surface area contributed by atoms with Crippen LogP contribution >= 0.6 is 0 Å². The number of methoxy groups -OCH3 is 2. The average Bonchev–Trinajstić information content (AvgIpc) is 2.63. The van der Waals surface area contributed by atoms with Crippen LogP contribution in [0.25, 0.3) is 0 Å². The molecule has 0 aliphatic carbocycles. The summed E-state index contributed by atoms with van der Waals surface area (Å²) in [6.07, 6.45) is 1.79. The Kier molecular flexibility index (Phi) is 6.42. The molecule has 1 N–H and O–H groups in total. The Morgan fingerprint density at radius 3 is 2.33 bits per heavy atom. The number of ether oxygens (including phenoxy) is 2. The van der Waals surface area contributed by atoms with E-state index in [-0.39, 0.29) is 0 Å². The molecule has 0 saturated carbocycles. The summed E-state index contributed by atoms with van der Waals surface area (Å²) >= 11 is 0. The van der Waals surface area contributed by atoms with Crippen LogP contribution in [0.4, 0.5) is 0 Å². The predicted molar refractivity (Wildman–Crippen MR) is 95.4 cm³/mol. The second-order valence-electron chi connectivity index (χ2n) is 5.31. The molecule has 128 valence electrons. The van der Waals surface area contributed by atoms with Crippen molar-refractivity contribution in [3.63, 3.8) is 0 Å². The molecule has 0 saturated heterocycles. The fraction of sp³-hybridized carbons (Fsp3) is 0.333. The maximum atomic E-state index is 5.18. The number of hydrogen-bond donors (Lipinski definition) is 1. The highest BCUT2D eigenvalue weighted by molar-refractivity contribution is 5.79. The summed E-state index contributed by atoms with van der Waals surface area (Å²) in [6, 6.07) is 11.9. The zero-order chi connectivity index (χ0) is 17.4. The molecule has 0 radical (unpaired) electrons. The van der Waals surface area contributed by atoms with Crippen molar-refractivity contribution in [1.29, 1.82) is 0 Å². The second-order valence-corrected chi connectivity index (χ2v) is 5.31. The molecule has 24 heavy (non-hydrogen) atoms. The van der Waals surface area contributed by atoms with E-state index in [0.29, 0.717) is 12.4 Å². The Labute approximate surface area is 143 Å². The number of guanidine groups is 1. The van der Waals surface area contributed by atoms with Crippen molar-refractivity contribution >= 4 is 5.96 Å². The smallest absolute Gasteiger partial charge is 0.212 e. The number of aliphatic imine (C=N–C) groups is 1. The molecule has 0 fully saturated rings. The molecule has 1 heterocycles. The van der Waals surface area contributed by atoms with Gasteiger partial charge >= 0.3 is 0 Å². The van der Waals surface area contributed by atoms with Gasteiger partial charge in [-0.2, -0.15) is 0 Å². The van der Waals surface area contributed by atoms with Crippen LogP contribution < -0.4 is 14.8 Å². The van der Waals surface area contributed by atoms with Crippen molar-refractivity contribution in [3.05, 3.63) is 53.7 Å². The number of nitrogens with one attached hydrogen (secondary N) is 1. The Hall–Kier alpha value is -2.76. The fourth-order valence-electron chi connectivity index (χ4n) is 2.28. The van der Waals surface area contributed by atoms with Gasteiger partial charge < -0.3 is 19.7 Å². The maximum Gasteiger partial charge on any atom is 0.212 e. The molecule has 1 aromatic heterocycles. The molecule has 1 aromatic carbocycles. The minimum absolute atomic E-state index is 0.611. The average molecular weight is 328 g/mol. The first kappa shape index (κ1) is 17.6. The summed E-state index contributed by atoms with van der Waals surface area (Å²) in [6.45, 7) is 1.40. The van der Waals surface area contributed by atoms with E-state index in [0.717, 1.165) is 23.8 Å². The lowest BCUT2D eigenvalue weighted by Gasteiger charge is -2.22. The molecule has 0 atom stereocenters. The number of aromatic nitrogens is 1. The highest BCUT2D eigenvalue weighted by Gasteiger charge is 2.07. The largest absolute Gasteiger partial charge is 0.497 e. The standard InChI is InChI=1S/C18H24N4O2/c1-19-18(21-12-15-7-10-17(24-4)20-11-15)22(2)13-14-5-8-16(23-3)9-6-14/h5-11H,12-13H2,1-4H3,(H,19,21). The molecule has 6 nitrogen and oxygen atoms in total. The van der Waals surface area contributed by atoms with Gasteiger partial charge in [-0.15, -0.1) is 0 Å². The second kappa shape index (κ2) is 8.76. The van der Waals surface area contributed by atoms with Gasteiger partial charge in [-0.05, 0) is 23.3 Å². The lowest BCUT2D eigenvalue weighted by molar-refractivity contribution is 0.397. The maximum absolute atomic E-state index is 5.18. The van der Waals surface area contributed by atoms with Crippen molar-refractivity contribution < 1.29 is 9.47 Å². The third-order valence-corrected chi connectivity index (χ3v) is 3.61. The molecule has 2 aromatic rings. The first-order valence-corrected chi connectivity index (χ1v) is 7.70. The minimum atomic E-state index is 0.611. The summed E-state index contributed by atoms with van der Waals surface area (Å²) in [5.41, 5.74) is 2.25. The molecular weight excluding hydrogens is 304 g/mol. The number of nitrogens with zero attached hydrogens (tertiary/aromatic N) is 3. The molecule has 0 bridgehead atoms. The molecule has 0 unspecified atom stereocenters. The lowest BCUT2D eigenvalue weighted by atomic mass is 10.2. The van der Waals surface area contributed by atoms with E-state index >= 15 is 0 Å². The van der Waals surface area contributed by atoms with Gasteiger partial charge in [-0.1, -0.05) is 18.2 Å². The minimum Gasteiger partial charge on any atom is -0.497 e. The van der Waals surface area contributed by atoms with Crippen molar-refractivity contribution in [2.24, 2.45) is 4.99 Å². The van der Waals surface area contributed by atoms with Gasteiger partial charge in [0.15, 0.2) is 5.96 Å². The quantitative estimate of drug-likeness (QED) is 0.651. The predicted octanol–water partition coefficient (Wildman–Crippen LogP) is 2.31. The summed E-state index contributed by atoms with van der Waals surface area (Å²) in [7, 11) is 7.06. The van der Waals surface area contributed by atoms with Crippen molar-refractivity contribution in [2.45, 2.75) is 13.1 Å². The van der Waals surface area contributed by atoms with Crippen LogP contribution in [-0.2, 0) is 13.1 Å². The van der Waals surface area contributed by atoms with Crippen LogP contribution in [0.2, 0.25) is 0 Å². The third-order valence-electron chi connectivity index (χ3n) is 3.61. The molecule has 2 rings (SSSR count). The highest BCUT2D eigenvalue weighted by atomic mass is 16.5. The third kappa shape index (κ3) is 4.87. The molecule has 6 heteroatoms. The van der Waals surface area contributed by atoms with Gasteiger partial charge in [0, 0.05) is 39.4 Å².